The second-order valence-corrected chi connectivity index (χ2v) is 6.33. The molecule has 1 aromatic carbocycles. The molecule has 13 heteroatoms. The molecule has 0 aliphatic carbocycles. The highest BCUT2D eigenvalue weighted by Gasteiger charge is 2.37. The number of carbonyl (C=O) groups excluding carboxylic acids is 1. The van der Waals surface area contributed by atoms with Crippen LogP contribution in [-0.2, 0) is 23.7 Å². The van der Waals surface area contributed by atoms with E-state index in [1.165, 1.54) is 0 Å². The molecule has 31 heavy (non-hydrogen) atoms. The van der Waals surface area contributed by atoms with Gasteiger partial charge in [0.2, 0.25) is 0 Å². The number of rotatable bonds is 8. The molecule has 1 heterocycles. The summed E-state index contributed by atoms with van der Waals surface area (Å²) in [7, 11) is 0. The Labute approximate surface area is 171 Å². The highest BCUT2D eigenvalue weighted by atomic mass is 19.4. The molecule has 1 aromatic heterocycles. The van der Waals surface area contributed by atoms with Crippen molar-refractivity contribution in [3.8, 4) is 11.4 Å². The van der Waals surface area contributed by atoms with Crippen molar-refractivity contribution >= 4 is 5.91 Å². The zero-order valence-electron chi connectivity index (χ0n) is 15.8. The molecule has 5 nitrogen and oxygen atoms in total. The largest absolute Gasteiger partial charge is 0.416 e. The van der Waals surface area contributed by atoms with Crippen LogP contribution < -0.4 is 0 Å². The Balaban J connectivity index is 2.29. The summed E-state index contributed by atoms with van der Waals surface area (Å²) in [6, 6.07) is 0.920. The molecule has 170 valence electrons. The van der Waals surface area contributed by atoms with Crippen molar-refractivity contribution in [3.05, 3.63) is 47.8 Å². The van der Waals surface area contributed by atoms with Crippen molar-refractivity contribution < 1.29 is 39.9 Å². The quantitative estimate of drug-likeness (QED) is 0.440. The summed E-state index contributed by atoms with van der Waals surface area (Å²) in [6.45, 7) is 0.588. The Hall–Kier alpha value is -2.99. The highest BCUT2D eigenvalue weighted by molar-refractivity contribution is 5.92. The van der Waals surface area contributed by atoms with Crippen LogP contribution in [0.3, 0.4) is 0 Å². The van der Waals surface area contributed by atoms with Gasteiger partial charge in [-0.15, -0.1) is 0 Å². The Bertz CT molecular complexity index is 897. The third kappa shape index (κ3) is 6.25. The molecule has 0 saturated carbocycles. The summed E-state index contributed by atoms with van der Waals surface area (Å²) in [6.07, 6.45) is -9.08. The first-order valence-electron chi connectivity index (χ1n) is 8.65. The van der Waals surface area contributed by atoms with Gasteiger partial charge < -0.3 is 4.90 Å². The van der Waals surface area contributed by atoms with E-state index in [-0.39, 0.29) is 31.3 Å². The number of alkyl halides is 8. The van der Waals surface area contributed by atoms with Crippen molar-refractivity contribution in [1.29, 1.82) is 0 Å². The zero-order chi connectivity index (χ0) is 23.4. The van der Waals surface area contributed by atoms with E-state index in [9.17, 15) is 39.9 Å². The van der Waals surface area contributed by atoms with E-state index >= 15 is 0 Å². The van der Waals surface area contributed by atoms with E-state index in [4.69, 9.17) is 0 Å². The van der Waals surface area contributed by atoms with Crippen LogP contribution in [0.1, 0.15) is 11.1 Å². The number of carbonyl (C=O) groups is 1. The minimum Gasteiger partial charge on any atom is -0.334 e. The fourth-order valence-electron chi connectivity index (χ4n) is 2.59. The first-order valence-corrected chi connectivity index (χ1v) is 8.65. The molecule has 2 rings (SSSR count). The first-order chi connectivity index (χ1) is 14.4. The summed E-state index contributed by atoms with van der Waals surface area (Å²) in [5.41, 5.74) is -3.74. The van der Waals surface area contributed by atoms with E-state index < -0.39 is 54.1 Å². The monoisotopic (exact) mass is 456 g/mol. The van der Waals surface area contributed by atoms with E-state index in [2.05, 4.69) is 16.7 Å². The van der Waals surface area contributed by atoms with Gasteiger partial charge in [0, 0.05) is 24.2 Å². The zero-order valence-corrected chi connectivity index (χ0v) is 15.8. The van der Waals surface area contributed by atoms with Gasteiger partial charge in [-0.1, -0.05) is 6.58 Å². The average Bonchev–Trinajstić information content (AvgIpc) is 3.14. The lowest BCUT2D eigenvalue weighted by molar-refractivity contribution is -0.143. The number of nitrogens with zero attached hydrogens (tertiary/aromatic N) is 4. The number of hydrogen-bond acceptors (Lipinski definition) is 3. The van der Waals surface area contributed by atoms with Gasteiger partial charge >= 0.3 is 12.4 Å². The van der Waals surface area contributed by atoms with E-state index in [0.29, 0.717) is 12.1 Å². The molecule has 0 fully saturated rings. The van der Waals surface area contributed by atoms with E-state index in [0.717, 1.165) is 15.9 Å². The summed E-state index contributed by atoms with van der Waals surface area (Å²) >= 11 is 0. The van der Waals surface area contributed by atoms with Crippen molar-refractivity contribution in [2.45, 2.75) is 18.9 Å². The molecule has 0 N–H and O–H groups in total. The molecule has 0 aliphatic heterocycles. The van der Waals surface area contributed by atoms with Gasteiger partial charge in [-0.2, -0.15) is 31.4 Å². The van der Waals surface area contributed by atoms with Crippen LogP contribution in [0.5, 0.6) is 0 Å². The van der Waals surface area contributed by atoms with Crippen molar-refractivity contribution in [3.63, 3.8) is 0 Å². The third-order valence-electron chi connectivity index (χ3n) is 4.03. The molecule has 1 amide bonds. The van der Waals surface area contributed by atoms with Gasteiger partial charge in [0.05, 0.1) is 17.7 Å². The Kier molecular flexibility index (Phi) is 7.39. The topological polar surface area (TPSA) is 51.0 Å². The fraction of sp³-hybridized carbons (Fsp3) is 0.389. The molecule has 0 bridgehead atoms. The summed E-state index contributed by atoms with van der Waals surface area (Å²) in [5.74, 6) is -1.22. The highest BCUT2D eigenvalue weighted by Crippen LogP contribution is 2.38. The van der Waals surface area contributed by atoms with Crippen LogP contribution in [0.2, 0.25) is 0 Å². The van der Waals surface area contributed by atoms with E-state index in [1.54, 1.807) is 0 Å². The third-order valence-corrected chi connectivity index (χ3v) is 4.03. The maximum atomic E-state index is 13.0. The number of halogens is 8. The summed E-state index contributed by atoms with van der Waals surface area (Å²) in [4.78, 5) is 16.8. The lowest BCUT2D eigenvalue weighted by Gasteiger charge is -2.20. The minimum absolute atomic E-state index is 0.0225. The standard InChI is InChI=1S/C18H16F8N4O/c1-11(16(31)29(4-2-19)5-3-20)9-30-10-27-15(28-30)12-6-13(17(21,22)23)8-14(7-12)18(24,25)26/h6-8,10H,1-5,9H2. The van der Waals surface area contributed by atoms with Crippen LogP contribution in [0.25, 0.3) is 11.4 Å². The van der Waals surface area contributed by atoms with Crippen molar-refractivity contribution in [2.24, 2.45) is 0 Å². The maximum absolute atomic E-state index is 13.0. The maximum Gasteiger partial charge on any atom is 0.416 e. The first kappa shape index (κ1) is 24.3. The normalized spacial score (nSPS) is 12.1. The van der Waals surface area contributed by atoms with Crippen molar-refractivity contribution in [1.82, 2.24) is 19.7 Å². The smallest absolute Gasteiger partial charge is 0.334 e. The van der Waals surface area contributed by atoms with Gasteiger partial charge in [-0.05, 0) is 18.2 Å². The molecular weight excluding hydrogens is 440 g/mol. The molecule has 0 spiro atoms. The van der Waals surface area contributed by atoms with E-state index in [1.807, 2.05) is 0 Å². The van der Waals surface area contributed by atoms with Crippen LogP contribution in [-0.4, -0.2) is 52.0 Å². The molecular formula is C18H16F8N4O. The molecule has 0 unspecified atom stereocenters. The number of amides is 1. The fourth-order valence-corrected chi connectivity index (χ4v) is 2.59. The predicted molar refractivity (Wildman–Crippen MR) is 93.1 cm³/mol. The van der Waals surface area contributed by atoms with Crippen LogP contribution in [0.15, 0.2) is 36.7 Å². The second-order valence-electron chi connectivity index (χ2n) is 6.33. The average molecular weight is 456 g/mol. The number of hydrogen-bond donors (Lipinski definition) is 0. The van der Waals surface area contributed by atoms with Gasteiger partial charge in [-0.25, -0.2) is 18.4 Å². The molecule has 0 saturated heterocycles. The Morgan fingerprint density at radius 1 is 0.968 bits per heavy atom. The van der Waals surface area contributed by atoms with Gasteiger partial charge in [0.15, 0.2) is 5.82 Å². The number of aromatic nitrogens is 3. The lowest BCUT2D eigenvalue weighted by atomic mass is 10.0. The van der Waals surface area contributed by atoms with Crippen LogP contribution >= 0.6 is 0 Å². The lowest BCUT2D eigenvalue weighted by Crippen LogP contribution is -2.36. The van der Waals surface area contributed by atoms with Crippen LogP contribution in [0, 0.1) is 0 Å². The SMILES string of the molecule is C=C(Cn1cnc(-c2cc(C(F)(F)F)cc(C(F)(F)F)c2)n1)C(=O)N(CCF)CCF. The Morgan fingerprint density at radius 3 is 1.94 bits per heavy atom. The molecule has 0 radical (unpaired) electrons. The second kappa shape index (κ2) is 9.43. The number of benzene rings is 1. The summed E-state index contributed by atoms with van der Waals surface area (Å²) < 4.78 is 104. The van der Waals surface area contributed by atoms with Gasteiger partial charge in [-0.3, -0.25) is 4.79 Å². The Morgan fingerprint density at radius 2 is 1.48 bits per heavy atom. The molecule has 2 aromatic rings. The molecule has 0 atom stereocenters. The minimum atomic E-state index is -5.03. The summed E-state index contributed by atoms with van der Waals surface area (Å²) in [5, 5.41) is 3.79. The van der Waals surface area contributed by atoms with Crippen LogP contribution in [0.4, 0.5) is 35.1 Å². The predicted octanol–water partition coefficient (Wildman–Crippen LogP) is 4.31. The van der Waals surface area contributed by atoms with Gasteiger partial charge in [0.1, 0.15) is 19.7 Å². The van der Waals surface area contributed by atoms with Crippen molar-refractivity contribution in [2.75, 3.05) is 26.4 Å². The van der Waals surface area contributed by atoms with Gasteiger partial charge in [0.25, 0.3) is 5.91 Å². The molecule has 0 aliphatic rings.